The monoisotopic (exact) mass is 464 g/mol. The van der Waals surface area contributed by atoms with Crippen LogP contribution in [-0.2, 0) is 0 Å². The van der Waals surface area contributed by atoms with Gasteiger partial charge in [0.2, 0.25) is 0 Å². The molecule has 182 valence electrons. The number of aliphatic hydroxyl groups is 2. The van der Waals surface area contributed by atoms with Crippen LogP contribution in [0.4, 0.5) is 0 Å². The molecule has 0 aliphatic rings. The van der Waals surface area contributed by atoms with Gasteiger partial charge in [-0.1, -0.05) is 60.7 Å². The van der Waals surface area contributed by atoms with Crippen molar-refractivity contribution in [2.24, 2.45) is 0 Å². The van der Waals surface area contributed by atoms with Crippen LogP contribution < -0.4 is 20.1 Å². The van der Waals surface area contributed by atoms with Gasteiger partial charge in [0.25, 0.3) is 0 Å². The molecule has 0 aliphatic carbocycles. The lowest BCUT2D eigenvalue weighted by atomic mass is 10.1. The second kappa shape index (κ2) is 13.7. The van der Waals surface area contributed by atoms with Crippen molar-refractivity contribution < 1.29 is 19.7 Å². The molecule has 0 bridgehead atoms. The first-order chi connectivity index (χ1) is 16.5. The summed E-state index contributed by atoms with van der Waals surface area (Å²) in [7, 11) is 0. The fourth-order valence-corrected chi connectivity index (χ4v) is 3.48. The van der Waals surface area contributed by atoms with Crippen molar-refractivity contribution in [3.63, 3.8) is 0 Å². The quantitative estimate of drug-likeness (QED) is 0.290. The Labute approximate surface area is 202 Å². The van der Waals surface area contributed by atoms with E-state index in [2.05, 4.69) is 48.7 Å². The molecule has 6 heteroatoms. The van der Waals surface area contributed by atoms with Crippen LogP contribution >= 0.6 is 0 Å². The highest BCUT2D eigenvalue weighted by Gasteiger charge is 2.11. The summed E-state index contributed by atoms with van der Waals surface area (Å²) in [5, 5.41) is 27.1. The molecule has 6 nitrogen and oxygen atoms in total. The molecule has 0 unspecified atom stereocenters. The Morgan fingerprint density at radius 2 is 0.941 bits per heavy atom. The second-order valence-corrected chi connectivity index (χ2v) is 8.48. The zero-order valence-electron chi connectivity index (χ0n) is 19.9. The van der Waals surface area contributed by atoms with E-state index >= 15 is 0 Å². The molecule has 3 aromatic carbocycles. The van der Waals surface area contributed by atoms with Crippen molar-refractivity contribution in [1.82, 2.24) is 10.6 Å². The second-order valence-electron chi connectivity index (χ2n) is 8.48. The molecule has 0 aliphatic heterocycles. The number of aliphatic hydroxyl groups excluding tert-OH is 2. The molecule has 0 fully saturated rings. The van der Waals surface area contributed by atoms with Gasteiger partial charge in [-0.25, -0.2) is 0 Å². The van der Waals surface area contributed by atoms with Gasteiger partial charge >= 0.3 is 0 Å². The molecule has 0 saturated carbocycles. The van der Waals surface area contributed by atoms with Crippen LogP contribution in [0.25, 0.3) is 0 Å². The molecule has 34 heavy (non-hydrogen) atoms. The van der Waals surface area contributed by atoms with E-state index < -0.39 is 12.2 Å². The van der Waals surface area contributed by atoms with E-state index in [1.807, 2.05) is 36.4 Å². The summed E-state index contributed by atoms with van der Waals surface area (Å²) in [5.41, 5.74) is 2.36. The topological polar surface area (TPSA) is 83.0 Å². The van der Waals surface area contributed by atoms with E-state index in [-0.39, 0.29) is 25.3 Å². The van der Waals surface area contributed by atoms with E-state index in [9.17, 15) is 10.2 Å². The molecule has 4 N–H and O–H groups in total. The van der Waals surface area contributed by atoms with Crippen LogP contribution in [0.3, 0.4) is 0 Å². The van der Waals surface area contributed by atoms with Crippen LogP contribution in [0.1, 0.15) is 37.1 Å². The number of hydrogen-bond donors (Lipinski definition) is 4. The normalized spacial score (nSPS) is 14.7. The van der Waals surface area contributed by atoms with Gasteiger partial charge in [-0.05, 0) is 49.2 Å². The van der Waals surface area contributed by atoms with Gasteiger partial charge in [-0.3, -0.25) is 0 Å². The van der Waals surface area contributed by atoms with Crippen molar-refractivity contribution in [1.29, 1.82) is 0 Å². The molecule has 0 spiro atoms. The fourth-order valence-electron chi connectivity index (χ4n) is 3.48. The smallest absolute Gasteiger partial charge is 0.119 e. The Morgan fingerprint density at radius 1 is 0.588 bits per heavy atom. The minimum Gasteiger partial charge on any atom is -0.491 e. The van der Waals surface area contributed by atoms with Gasteiger partial charge in [-0.2, -0.15) is 0 Å². The SMILES string of the molecule is C[C@H](NC[C@@H](O)COc1ccc(OC[C@@H](O)CN[C@@H](C)c2ccccc2)cc1)c1ccccc1. The van der Waals surface area contributed by atoms with Crippen molar-refractivity contribution >= 4 is 0 Å². The Kier molecular flexibility index (Phi) is 10.4. The highest BCUT2D eigenvalue weighted by Crippen LogP contribution is 2.18. The third kappa shape index (κ3) is 8.80. The van der Waals surface area contributed by atoms with E-state index in [0.717, 1.165) is 0 Å². The summed E-state index contributed by atoms with van der Waals surface area (Å²) < 4.78 is 11.4. The molecule has 0 saturated heterocycles. The summed E-state index contributed by atoms with van der Waals surface area (Å²) in [4.78, 5) is 0. The van der Waals surface area contributed by atoms with Crippen LogP contribution in [0.5, 0.6) is 11.5 Å². The minimum absolute atomic E-state index is 0.152. The molecule has 0 amide bonds. The highest BCUT2D eigenvalue weighted by atomic mass is 16.5. The van der Waals surface area contributed by atoms with Crippen molar-refractivity contribution in [3.8, 4) is 11.5 Å². The maximum Gasteiger partial charge on any atom is 0.119 e. The first-order valence-corrected chi connectivity index (χ1v) is 11.8. The van der Waals surface area contributed by atoms with Gasteiger partial charge in [0.15, 0.2) is 0 Å². The van der Waals surface area contributed by atoms with Crippen LogP contribution in [0.2, 0.25) is 0 Å². The predicted octanol–water partition coefficient (Wildman–Crippen LogP) is 3.87. The zero-order valence-corrected chi connectivity index (χ0v) is 19.9. The predicted molar refractivity (Wildman–Crippen MR) is 135 cm³/mol. The Bertz CT molecular complexity index is 859. The molecule has 3 rings (SSSR count). The lowest BCUT2D eigenvalue weighted by Crippen LogP contribution is -2.33. The van der Waals surface area contributed by atoms with Crippen molar-refractivity contribution in [3.05, 3.63) is 96.1 Å². The molecule has 0 radical (unpaired) electrons. The first kappa shape index (κ1) is 25.7. The number of nitrogens with one attached hydrogen (secondary N) is 2. The van der Waals surface area contributed by atoms with Gasteiger partial charge in [0, 0.05) is 25.2 Å². The lowest BCUT2D eigenvalue weighted by molar-refractivity contribution is 0.102. The molecular formula is C28H36N2O4. The van der Waals surface area contributed by atoms with Gasteiger partial charge in [0.1, 0.15) is 36.9 Å². The van der Waals surface area contributed by atoms with E-state index in [1.165, 1.54) is 11.1 Å². The average molecular weight is 465 g/mol. The number of hydrogen-bond acceptors (Lipinski definition) is 6. The van der Waals surface area contributed by atoms with Crippen LogP contribution in [0, 0.1) is 0 Å². The Balaban J connectivity index is 1.32. The fraction of sp³-hybridized carbons (Fsp3) is 0.357. The molecule has 0 aromatic heterocycles. The molecular weight excluding hydrogens is 428 g/mol. The van der Waals surface area contributed by atoms with Gasteiger partial charge in [0.05, 0.1) is 0 Å². The first-order valence-electron chi connectivity index (χ1n) is 11.8. The van der Waals surface area contributed by atoms with Gasteiger partial charge in [-0.15, -0.1) is 0 Å². The standard InChI is InChI=1S/C28H36N2O4/c1-21(23-9-5-3-6-10-23)29-17-25(31)19-33-27-13-15-28(16-14-27)34-20-26(32)18-30-22(2)24-11-7-4-8-12-24/h3-16,21-22,25-26,29-32H,17-20H2,1-2H3/t21-,22-,25-,26+/m0/s1. The van der Waals surface area contributed by atoms with E-state index in [4.69, 9.17) is 9.47 Å². The molecule has 0 heterocycles. The van der Waals surface area contributed by atoms with Crippen molar-refractivity contribution in [2.75, 3.05) is 26.3 Å². The largest absolute Gasteiger partial charge is 0.491 e. The number of rotatable bonds is 14. The summed E-state index contributed by atoms with van der Waals surface area (Å²) in [5.74, 6) is 1.31. The maximum absolute atomic E-state index is 10.2. The van der Waals surface area contributed by atoms with Crippen molar-refractivity contribution in [2.45, 2.75) is 38.1 Å². The maximum atomic E-state index is 10.2. The Hall–Kier alpha value is -2.90. The van der Waals surface area contributed by atoms with Gasteiger partial charge < -0.3 is 30.3 Å². The summed E-state index contributed by atoms with van der Waals surface area (Å²) in [6.45, 7) is 5.40. The summed E-state index contributed by atoms with van der Waals surface area (Å²) in [6, 6.07) is 27.7. The molecule has 3 aromatic rings. The molecule has 4 atom stereocenters. The van der Waals surface area contributed by atoms with E-state index in [1.54, 1.807) is 24.3 Å². The number of ether oxygens (including phenoxy) is 2. The highest BCUT2D eigenvalue weighted by molar-refractivity contribution is 5.31. The minimum atomic E-state index is -0.622. The van der Waals surface area contributed by atoms with Crippen LogP contribution in [0.15, 0.2) is 84.9 Å². The van der Waals surface area contributed by atoms with E-state index in [0.29, 0.717) is 24.6 Å². The summed E-state index contributed by atoms with van der Waals surface area (Å²) >= 11 is 0. The third-order valence-electron chi connectivity index (χ3n) is 5.63. The Morgan fingerprint density at radius 3 is 1.29 bits per heavy atom. The zero-order chi connectivity index (χ0) is 24.2. The average Bonchev–Trinajstić information content (AvgIpc) is 2.89. The lowest BCUT2D eigenvalue weighted by Gasteiger charge is -2.18. The third-order valence-corrected chi connectivity index (χ3v) is 5.63. The van der Waals surface area contributed by atoms with Crippen LogP contribution in [-0.4, -0.2) is 48.7 Å². The summed E-state index contributed by atoms with van der Waals surface area (Å²) in [6.07, 6.45) is -1.24. The number of benzene rings is 3.